The molecule has 0 aromatic heterocycles. The number of phenols is 1. The normalized spacial score (nSPS) is 10.5. The van der Waals surface area contributed by atoms with Gasteiger partial charge in [0.25, 0.3) is 0 Å². The first-order valence-electron chi connectivity index (χ1n) is 5.64. The summed E-state index contributed by atoms with van der Waals surface area (Å²) in [5.41, 5.74) is 1.99. The van der Waals surface area contributed by atoms with Crippen LogP contribution in [-0.2, 0) is 6.42 Å². The van der Waals surface area contributed by atoms with Crippen molar-refractivity contribution in [2.75, 3.05) is 6.61 Å². The average molecular weight is 208 g/mol. The van der Waals surface area contributed by atoms with Crippen LogP contribution in [0.3, 0.4) is 0 Å². The Morgan fingerprint density at radius 3 is 2.53 bits per heavy atom. The van der Waals surface area contributed by atoms with Gasteiger partial charge in [-0.2, -0.15) is 0 Å². The first-order chi connectivity index (χ1) is 7.25. The maximum Gasteiger partial charge on any atom is 0.121 e. The lowest BCUT2D eigenvalue weighted by Gasteiger charge is -2.06. The number of aryl methyl sites for hydroxylation is 2. The van der Waals surface area contributed by atoms with Gasteiger partial charge >= 0.3 is 0 Å². The van der Waals surface area contributed by atoms with Gasteiger partial charge in [0, 0.05) is 6.61 Å². The molecular formula is C13H20O2. The second-order valence-electron chi connectivity index (χ2n) is 3.97. The first-order valence-corrected chi connectivity index (χ1v) is 5.64. The van der Waals surface area contributed by atoms with Crippen LogP contribution in [0.25, 0.3) is 0 Å². The molecule has 0 radical (unpaired) electrons. The highest BCUT2D eigenvalue weighted by atomic mass is 16.3. The van der Waals surface area contributed by atoms with Crippen molar-refractivity contribution < 1.29 is 10.2 Å². The molecule has 15 heavy (non-hydrogen) atoms. The SMILES string of the molecule is Cc1cccc(CCCCCCO)c1O. The first kappa shape index (κ1) is 12.1. The van der Waals surface area contributed by atoms with Crippen molar-refractivity contribution in [1.82, 2.24) is 0 Å². The van der Waals surface area contributed by atoms with Crippen LogP contribution in [0, 0.1) is 6.92 Å². The van der Waals surface area contributed by atoms with E-state index in [1.165, 1.54) is 0 Å². The fourth-order valence-electron chi connectivity index (χ4n) is 1.70. The molecule has 84 valence electrons. The van der Waals surface area contributed by atoms with E-state index in [-0.39, 0.29) is 6.61 Å². The van der Waals surface area contributed by atoms with Gasteiger partial charge < -0.3 is 10.2 Å². The van der Waals surface area contributed by atoms with Crippen molar-refractivity contribution in [3.05, 3.63) is 29.3 Å². The topological polar surface area (TPSA) is 40.5 Å². The summed E-state index contributed by atoms with van der Waals surface area (Å²) in [7, 11) is 0. The summed E-state index contributed by atoms with van der Waals surface area (Å²) >= 11 is 0. The molecule has 0 saturated heterocycles. The summed E-state index contributed by atoms with van der Waals surface area (Å²) in [6, 6.07) is 5.89. The van der Waals surface area contributed by atoms with Gasteiger partial charge in [-0.25, -0.2) is 0 Å². The second-order valence-corrected chi connectivity index (χ2v) is 3.97. The predicted molar refractivity (Wildman–Crippen MR) is 62.1 cm³/mol. The molecule has 1 rings (SSSR count). The number of benzene rings is 1. The van der Waals surface area contributed by atoms with E-state index in [2.05, 4.69) is 0 Å². The van der Waals surface area contributed by atoms with E-state index in [4.69, 9.17) is 5.11 Å². The number of phenolic OH excluding ortho intramolecular Hbond substituents is 1. The molecule has 0 aliphatic carbocycles. The van der Waals surface area contributed by atoms with Gasteiger partial charge in [0.2, 0.25) is 0 Å². The van der Waals surface area contributed by atoms with Gasteiger partial charge in [-0.15, -0.1) is 0 Å². The van der Waals surface area contributed by atoms with Crippen molar-refractivity contribution in [2.45, 2.75) is 39.0 Å². The monoisotopic (exact) mass is 208 g/mol. The number of aliphatic hydroxyl groups excluding tert-OH is 1. The average Bonchev–Trinajstić information content (AvgIpc) is 2.24. The van der Waals surface area contributed by atoms with E-state index in [9.17, 15) is 5.11 Å². The molecule has 1 aromatic carbocycles. The third-order valence-corrected chi connectivity index (χ3v) is 2.68. The Balaban J connectivity index is 2.34. The van der Waals surface area contributed by atoms with Crippen LogP contribution in [0.1, 0.15) is 36.8 Å². The van der Waals surface area contributed by atoms with Gasteiger partial charge in [-0.3, -0.25) is 0 Å². The van der Waals surface area contributed by atoms with E-state index in [1.54, 1.807) is 0 Å². The van der Waals surface area contributed by atoms with E-state index >= 15 is 0 Å². The molecule has 0 spiro atoms. The van der Waals surface area contributed by atoms with Crippen LogP contribution in [0.4, 0.5) is 0 Å². The Kier molecular flexibility index (Phi) is 5.19. The van der Waals surface area contributed by atoms with Crippen LogP contribution in [-0.4, -0.2) is 16.8 Å². The molecule has 2 nitrogen and oxygen atoms in total. The lowest BCUT2D eigenvalue weighted by atomic mass is 10.0. The molecule has 1 aromatic rings. The van der Waals surface area contributed by atoms with E-state index in [0.717, 1.165) is 43.2 Å². The highest BCUT2D eigenvalue weighted by molar-refractivity contribution is 5.39. The van der Waals surface area contributed by atoms with Crippen LogP contribution in [0.2, 0.25) is 0 Å². The molecular weight excluding hydrogens is 188 g/mol. The summed E-state index contributed by atoms with van der Waals surface area (Å²) < 4.78 is 0. The molecule has 0 fully saturated rings. The molecule has 0 aliphatic rings. The summed E-state index contributed by atoms with van der Waals surface area (Å²) in [4.78, 5) is 0. The van der Waals surface area contributed by atoms with Gasteiger partial charge in [0.1, 0.15) is 5.75 Å². The van der Waals surface area contributed by atoms with E-state index in [0.29, 0.717) is 5.75 Å². The summed E-state index contributed by atoms with van der Waals surface area (Å²) in [5, 5.41) is 18.4. The number of para-hydroxylation sites is 1. The largest absolute Gasteiger partial charge is 0.507 e. The number of aliphatic hydroxyl groups is 1. The Bertz CT molecular complexity index is 295. The molecule has 0 amide bonds. The fourth-order valence-corrected chi connectivity index (χ4v) is 1.70. The quantitative estimate of drug-likeness (QED) is 0.706. The zero-order valence-corrected chi connectivity index (χ0v) is 9.37. The number of hydrogen-bond acceptors (Lipinski definition) is 2. The molecule has 0 bridgehead atoms. The van der Waals surface area contributed by atoms with Crippen molar-refractivity contribution >= 4 is 0 Å². The minimum Gasteiger partial charge on any atom is -0.507 e. The van der Waals surface area contributed by atoms with Crippen molar-refractivity contribution in [3.8, 4) is 5.75 Å². The molecule has 0 aliphatic heterocycles. The van der Waals surface area contributed by atoms with Gasteiger partial charge in [-0.1, -0.05) is 31.0 Å². The Morgan fingerprint density at radius 2 is 1.80 bits per heavy atom. The van der Waals surface area contributed by atoms with Crippen LogP contribution in [0.5, 0.6) is 5.75 Å². The van der Waals surface area contributed by atoms with Gasteiger partial charge in [0.05, 0.1) is 0 Å². The minimum absolute atomic E-state index is 0.287. The van der Waals surface area contributed by atoms with Crippen molar-refractivity contribution in [2.24, 2.45) is 0 Å². The molecule has 2 heteroatoms. The van der Waals surface area contributed by atoms with Crippen LogP contribution < -0.4 is 0 Å². The smallest absolute Gasteiger partial charge is 0.121 e. The fraction of sp³-hybridized carbons (Fsp3) is 0.538. The van der Waals surface area contributed by atoms with Crippen molar-refractivity contribution in [3.63, 3.8) is 0 Å². The zero-order chi connectivity index (χ0) is 11.1. The summed E-state index contributed by atoms with van der Waals surface area (Å²) in [6.45, 7) is 2.21. The van der Waals surface area contributed by atoms with Crippen molar-refractivity contribution in [1.29, 1.82) is 0 Å². The molecule has 0 saturated carbocycles. The summed E-state index contributed by atoms with van der Waals surface area (Å²) in [5.74, 6) is 0.444. The predicted octanol–water partition coefficient (Wildman–Crippen LogP) is 2.80. The number of aromatic hydroxyl groups is 1. The number of rotatable bonds is 6. The van der Waals surface area contributed by atoms with Gasteiger partial charge in [-0.05, 0) is 37.3 Å². The Labute approximate surface area is 91.6 Å². The second kappa shape index (κ2) is 6.46. The standard InChI is InChI=1S/C13H20O2/c1-11-7-6-9-12(13(11)15)8-4-2-3-5-10-14/h6-7,9,14-15H,2-5,8,10H2,1H3. The third kappa shape index (κ3) is 3.92. The van der Waals surface area contributed by atoms with Gasteiger partial charge in [0.15, 0.2) is 0 Å². The maximum atomic E-state index is 9.76. The zero-order valence-electron chi connectivity index (χ0n) is 9.37. The molecule has 2 N–H and O–H groups in total. The lowest BCUT2D eigenvalue weighted by Crippen LogP contribution is -1.89. The van der Waals surface area contributed by atoms with Crippen LogP contribution in [0.15, 0.2) is 18.2 Å². The van der Waals surface area contributed by atoms with E-state index < -0.39 is 0 Å². The number of hydrogen-bond donors (Lipinski definition) is 2. The Hall–Kier alpha value is -1.02. The maximum absolute atomic E-state index is 9.76. The molecule has 0 heterocycles. The Morgan fingerprint density at radius 1 is 1.07 bits per heavy atom. The highest BCUT2D eigenvalue weighted by Gasteiger charge is 2.02. The third-order valence-electron chi connectivity index (χ3n) is 2.68. The highest BCUT2D eigenvalue weighted by Crippen LogP contribution is 2.23. The van der Waals surface area contributed by atoms with E-state index in [1.807, 2.05) is 25.1 Å². The molecule has 0 atom stereocenters. The summed E-state index contributed by atoms with van der Waals surface area (Å²) in [6.07, 6.45) is 5.09. The van der Waals surface area contributed by atoms with Crippen LogP contribution >= 0.6 is 0 Å². The lowest BCUT2D eigenvalue weighted by molar-refractivity contribution is 0.282. The number of unbranched alkanes of at least 4 members (excludes halogenated alkanes) is 3. The molecule has 0 unspecified atom stereocenters. The minimum atomic E-state index is 0.287.